The Morgan fingerprint density at radius 1 is 0.416 bits per heavy atom. The lowest BCUT2D eigenvalue weighted by Crippen LogP contribution is -2.68. The molecule has 1 fully saturated rings. The third-order valence-electron chi connectivity index (χ3n) is 19.5. The molecular weight excluding hydrogens is 946 g/mol. The summed E-state index contributed by atoms with van der Waals surface area (Å²) >= 11 is 0. The second kappa shape index (κ2) is 16.7. The fourth-order valence-corrected chi connectivity index (χ4v) is 16.2. The first-order valence-electron chi connectivity index (χ1n) is 28.8. The maximum Gasteiger partial charge on any atom is 0.253 e. The third-order valence-corrected chi connectivity index (χ3v) is 21.5. The smallest absolute Gasteiger partial charge is 0.253 e. The minimum Gasteiger partial charge on any atom is -0.334 e. The van der Waals surface area contributed by atoms with E-state index in [1.165, 1.54) is 131 Å². The van der Waals surface area contributed by atoms with Crippen molar-refractivity contribution in [2.45, 2.75) is 154 Å². The Kier molecular flexibility index (Phi) is 10.9. The molecule has 8 aromatic carbocycles. The predicted octanol–water partition coefficient (Wildman–Crippen LogP) is 16.6. The highest BCUT2D eigenvalue weighted by Crippen LogP contribution is 2.63. The van der Waals surface area contributed by atoms with Crippen LogP contribution in [-0.2, 0) is 27.1 Å². The molecule has 1 aliphatic carbocycles. The average Bonchev–Trinajstić information content (AvgIpc) is 3.46. The molecule has 0 spiro atoms. The van der Waals surface area contributed by atoms with Gasteiger partial charge in [-0.25, -0.2) is 0 Å². The molecule has 8 aromatic rings. The zero-order chi connectivity index (χ0) is 54.0. The van der Waals surface area contributed by atoms with Crippen molar-refractivity contribution in [2.24, 2.45) is 0 Å². The van der Waals surface area contributed by atoms with Crippen LogP contribution in [0.2, 0.25) is 19.6 Å². The van der Waals surface area contributed by atoms with Crippen LogP contribution in [0.3, 0.4) is 0 Å². The van der Waals surface area contributed by atoms with Crippen molar-refractivity contribution < 1.29 is 0 Å². The summed E-state index contributed by atoms with van der Waals surface area (Å²) < 4.78 is 0. The van der Waals surface area contributed by atoms with E-state index in [0.717, 1.165) is 6.42 Å². The quantitative estimate of drug-likeness (QED) is 0.154. The Balaban J connectivity index is 1.21. The fourth-order valence-electron chi connectivity index (χ4n) is 15.0. The van der Waals surface area contributed by atoms with Gasteiger partial charge in [0.2, 0.25) is 0 Å². The topological polar surface area (TPSA) is 9.72 Å². The predicted molar refractivity (Wildman–Crippen MR) is 334 cm³/mol. The van der Waals surface area contributed by atoms with E-state index in [9.17, 15) is 0 Å². The normalized spacial score (nSPS) is 20.0. The number of anilines is 8. The highest BCUT2D eigenvalue weighted by Gasteiger charge is 2.59. The molecule has 388 valence electrons. The lowest BCUT2D eigenvalue weighted by Gasteiger charge is -2.53. The largest absolute Gasteiger partial charge is 0.334 e. The van der Waals surface area contributed by atoms with E-state index in [1.54, 1.807) is 0 Å². The molecule has 2 atom stereocenters. The molecule has 0 saturated heterocycles. The van der Waals surface area contributed by atoms with Crippen LogP contribution in [0.25, 0.3) is 0 Å². The molecule has 0 amide bonds. The summed E-state index contributed by atoms with van der Waals surface area (Å²) in [4.78, 5) is 8.27. The van der Waals surface area contributed by atoms with Crippen molar-refractivity contribution in [3.05, 3.63) is 214 Å². The van der Waals surface area contributed by atoms with Crippen LogP contribution in [0.4, 0.5) is 45.5 Å². The fraction of sp³-hybridized carbons (Fsp3) is 0.333. The number of rotatable bonds is 6. The van der Waals surface area contributed by atoms with Gasteiger partial charge < -0.3 is 14.7 Å². The van der Waals surface area contributed by atoms with E-state index >= 15 is 0 Å². The summed E-state index contributed by atoms with van der Waals surface area (Å²) in [5.41, 5.74) is 24.3. The van der Waals surface area contributed by atoms with E-state index in [-0.39, 0.29) is 33.9 Å². The monoisotopic (exact) mass is 1020 g/mol. The van der Waals surface area contributed by atoms with Crippen LogP contribution in [0.15, 0.2) is 170 Å². The van der Waals surface area contributed by atoms with Gasteiger partial charge in [-0.15, -0.1) is 0 Å². The van der Waals surface area contributed by atoms with Gasteiger partial charge in [0.05, 0.1) is 19.0 Å². The van der Waals surface area contributed by atoms with Crippen molar-refractivity contribution in [2.75, 3.05) is 14.7 Å². The van der Waals surface area contributed by atoms with Crippen molar-refractivity contribution in [3.8, 4) is 0 Å². The highest BCUT2D eigenvalue weighted by molar-refractivity contribution is 7.01. The summed E-state index contributed by atoms with van der Waals surface area (Å²) in [5.74, 6) is 0. The van der Waals surface area contributed by atoms with Gasteiger partial charge in [0, 0.05) is 50.9 Å². The Bertz CT molecular complexity index is 3610. The number of hydrogen-bond donors (Lipinski definition) is 0. The van der Waals surface area contributed by atoms with Crippen LogP contribution in [-0.4, -0.2) is 20.3 Å². The van der Waals surface area contributed by atoms with Crippen LogP contribution < -0.4 is 36.3 Å². The van der Waals surface area contributed by atoms with E-state index in [0.29, 0.717) is 0 Å². The van der Waals surface area contributed by atoms with Crippen LogP contribution in [0.1, 0.15) is 146 Å². The first kappa shape index (κ1) is 50.0. The van der Waals surface area contributed by atoms with Gasteiger partial charge in [0.1, 0.15) is 0 Å². The van der Waals surface area contributed by atoms with E-state index in [1.807, 2.05) is 0 Å². The maximum absolute atomic E-state index is 2.84. The molecule has 13 rings (SSSR count). The number of benzene rings is 8. The van der Waals surface area contributed by atoms with Gasteiger partial charge in [0.15, 0.2) is 0 Å². The molecule has 2 unspecified atom stereocenters. The zero-order valence-electron chi connectivity index (χ0n) is 48.4. The summed E-state index contributed by atoms with van der Waals surface area (Å²) in [6.07, 6.45) is 4.77. The first-order valence-corrected chi connectivity index (χ1v) is 32.3. The standard InChI is InChI=1S/C72H78BN3Si/c1-67(2,3)49-33-38-59-58(44-49)70(10)39-21-22-40-71(70,11)76(59)54-45-62-66-63(46-54)75(53-42-50(68(4,5)6)41-51(43-53)69(7,8)9)61-32-24-30-57-65(61)73(66)64-56(72(57,47-25-17-15-18-26-47)48-27-19-16-20-28-48)29-23-31-60(64)74(62)52-34-36-55(37-35-52)77(12,13)14/h15-20,23-38,41-46H,21-22,39-40H2,1-14H3. The second-order valence-corrected chi connectivity index (χ2v) is 33.2. The van der Waals surface area contributed by atoms with Gasteiger partial charge in [-0.05, 0) is 152 Å². The number of nitrogens with zero attached hydrogens (tertiary/aromatic N) is 3. The van der Waals surface area contributed by atoms with E-state index < -0.39 is 13.5 Å². The maximum atomic E-state index is 2.84. The minimum atomic E-state index is -1.62. The summed E-state index contributed by atoms with van der Waals surface area (Å²) in [5, 5.41) is 1.47. The molecule has 3 nitrogen and oxygen atoms in total. The average molecular weight is 1020 g/mol. The minimum absolute atomic E-state index is 0.0237. The number of fused-ring (bicyclic) bond motifs is 3. The van der Waals surface area contributed by atoms with E-state index in [2.05, 4.69) is 280 Å². The summed E-state index contributed by atoms with van der Waals surface area (Å²) in [7, 11) is -1.62. The summed E-state index contributed by atoms with van der Waals surface area (Å²) in [6.45, 7) is 34.0. The molecular formula is C72H78BN3Si. The van der Waals surface area contributed by atoms with Gasteiger partial charge in [0.25, 0.3) is 6.71 Å². The molecule has 77 heavy (non-hydrogen) atoms. The Morgan fingerprint density at radius 2 is 0.922 bits per heavy atom. The van der Waals surface area contributed by atoms with Gasteiger partial charge in [-0.2, -0.15) is 0 Å². The summed E-state index contributed by atoms with van der Waals surface area (Å²) in [6, 6.07) is 67.6. The van der Waals surface area contributed by atoms with Crippen LogP contribution >= 0.6 is 0 Å². The van der Waals surface area contributed by atoms with Crippen molar-refractivity contribution in [1.82, 2.24) is 0 Å². The number of hydrogen-bond acceptors (Lipinski definition) is 3. The molecule has 5 aliphatic rings. The molecule has 1 saturated carbocycles. The third kappa shape index (κ3) is 7.13. The highest BCUT2D eigenvalue weighted by atomic mass is 28.3. The van der Waals surface area contributed by atoms with Crippen LogP contribution in [0.5, 0.6) is 0 Å². The molecule has 0 radical (unpaired) electrons. The Morgan fingerprint density at radius 3 is 1.43 bits per heavy atom. The van der Waals surface area contributed by atoms with Crippen molar-refractivity contribution in [1.29, 1.82) is 0 Å². The van der Waals surface area contributed by atoms with Gasteiger partial charge >= 0.3 is 0 Å². The Labute approximate surface area is 462 Å². The lowest BCUT2D eigenvalue weighted by atomic mass is 9.28. The lowest BCUT2D eigenvalue weighted by molar-refractivity contribution is 0.195. The van der Waals surface area contributed by atoms with Crippen molar-refractivity contribution >= 4 is 81.9 Å². The molecule has 5 heteroatoms. The first-order chi connectivity index (χ1) is 36.5. The molecule has 4 aliphatic heterocycles. The van der Waals surface area contributed by atoms with E-state index in [4.69, 9.17) is 0 Å². The Hall–Kier alpha value is -6.56. The molecule has 0 N–H and O–H groups in total. The van der Waals surface area contributed by atoms with Gasteiger partial charge in [-0.1, -0.05) is 222 Å². The zero-order valence-corrected chi connectivity index (χ0v) is 49.4. The SMILES string of the molecule is CC(C)(C)c1cc(N2c3cc(N4c5ccc(C(C)(C)C)cc5C5(C)CCCCC45C)cc4c3B3c5c(cccc5C(c5ccccc5)(c5ccccc5)c5cccc2c53)N4c2ccc([Si](C)(C)C)cc2)cc(C(C)(C)C)c1. The van der Waals surface area contributed by atoms with Crippen LogP contribution in [0, 0.1) is 0 Å². The second-order valence-electron chi connectivity index (χ2n) is 28.2. The van der Waals surface area contributed by atoms with Crippen molar-refractivity contribution in [3.63, 3.8) is 0 Å². The molecule has 0 aromatic heterocycles. The molecule has 4 heterocycles. The molecule has 0 bridgehead atoms. The van der Waals surface area contributed by atoms with Gasteiger partial charge in [-0.3, -0.25) is 0 Å².